The molecule has 4 heterocycles. The third kappa shape index (κ3) is 15.4. The third-order valence-electron chi connectivity index (χ3n) is 14.2. The number of nitrogens with zero attached hydrogens (tertiary/aromatic N) is 3. The summed E-state index contributed by atoms with van der Waals surface area (Å²) in [6.07, 6.45) is 5.26. The number of thiazole rings is 1. The number of para-hydroxylation sites is 1. The number of likely N-dealkylation sites (tertiary alicyclic amines) is 2. The van der Waals surface area contributed by atoms with E-state index in [0.29, 0.717) is 37.2 Å². The van der Waals surface area contributed by atoms with Crippen molar-refractivity contribution in [3.63, 3.8) is 0 Å². The quantitative estimate of drug-likeness (QED) is 0.0540. The first kappa shape index (κ1) is 57.6. The van der Waals surface area contributed by atoms with Gasteiger partial charge in [-0.05, 0) is 94.1 Å². The van der Waals surface area contributed by atoms with Crippen LogP contribution in [0.2, 0.25) is 0 Å². The third-order valence-corrected chi connectivity index (χ3v) is 14.9. The highest BCUT2D eigenvalue weighted by Gasteiger charge is 2.43. The lowest BCUT2D eigenvalue weighted by Crippen LogP contribution is -2.61. The highest BCUT2D eigenvalue weighted by atomic mass is 32.1. The number of hydrogen-bond donors (Lipinski definition) is 8. The first-order chi connectivity index (χ1) is 35.6. The molecule has 2 saturated heterocycles. The summed E-state index contributed by atoms with van der Waals surface area (Å²) >= 11 is 1.23. The van der Waals surface area contributed by atoms with Crippen LogP contribution in [0, 0.1) is 24.7 Å². The lowest BCUT2D eigenvalue weighted by Gasteiger charge is -2.33. The number of H-pyrrole nitrogens is 1. The number of aryl methyl sites for hydroxylation is 1. The Hall–Kier alpha value is -6.71. The van der Waals surface area contributed by atoms with Crippen LogP contribution in [0.5, 0.6) is 0 Å². The SMILES string of the molecule is CCC(C)C(NC(=O)C(CC(C)C)NC(=O)C(CCC(=O)C(=O)NC1CC1)NC(=O)c1csc(C)n1)C(=O)NC(CC(C)C)C(=O)N1CCC[C@H]1C(=O)NC(Cc1c[nH]c2ccccc12)C(=O)N1CCC[C@H]1C(N)=O. The summed E-state index contributed by atoms with van der Waals surface area (Å²) in [4.78, 5) is 148. The first-order valence-electron chi connectivity index (χ1n) is 26.4. The van der Waals surface area contributed by atoms with Gasteiger partial charge in [-0.1, -0.05) is 66.2 Å². The molecule has 3 aliphatic rings. The van der Waals surface area contributed by atoms with Crippen LogP contribution in [-0.2, 0) is 49.6 Å². The van der Waals surface area contributed by atoms with E-state index in [1.165, 1.54) is 26.5 Å². The van der Waals surface area contributed by atoms with Crippen molar-refractivity contribution < 1.29 is 47.9 Å². The summed E-state index contributed by atoms with van der Waals surface area (Å²) in [5.41, 5.74) is 7.38. The van der Waals surface area contributed by atoms with E-state index in [1.807, 2.05) is 58.9 Å². The number of nitrogens with two attached hydrogens (primary N) is 1. The van der Waals surface area contributed by atoms with Gasteiger partial charge in [0.1, 0.15) is 48.0 Å². The van der Waals surface area contributed by atoms with Gasteiger partial charge in [0, 0.05) is 54.5 Å². The molecule has 8 atom stereocenters. The molecule has 9 N–H and O–H groups in total. The van der Waals surface area contributed by atoms with Gasteiger partial charge in [0.25, 0.3) is 11.8 Å². The van der Waals surface area contributed by atoms with Gasteiger partial charge >= 0.3 is 0 Å². The number of aromatic amines is 1. The Labute approximate surface area is 441 Å². The minimum Gasteiger partial charge on any atom is -0.368 e. The van der Waals surface area contributed by atoms with Crippen LogP contribution in [0.3, 0.4) is 0 Å². The maximum absolute atomic E-state index is 14.7. The number of rotatable bonds is 26. The summed E-state index contributed by atoms with van der Waals surface area (Å²) in [5.74, 6) is -7.25. The van der Waals surface area contributed by atoms with E-state index < -0.39 is 107 Å². The van der Waals surface area contributed by atoms with Gasteiger partial charge in [0.15, 0.2) is 0 Å². The van der Waals surface area contributed by atoms with E-state index in [0.717, 1.165) is 29.3 Å². The van der Waals surface area contributed by atoms with Gasteiger partial charge in [-0.3, -0.25) is 47.9 Å². The van der Waals surface area contributed by atoms with Crippen LogP contribution < -0.4 is 37.6 Å². The topological polar surface area (TPSA) is 304 Å². The van der Waals surface area contributed by atoms with Crippen LogP contribution in [0.1, 0.15) is 133 Å². The minimum absolute atomic E-state index is 0.0566. The van der Waals surface area contributed by atoms with Gasteiger partial charge in [0.2, 0.25) is 47.1 Å². The molecule has 2 aliphatic heterocycles. The standard InChI is InChI=1S/C53H75N11O10S/c1-8-30(6)44(62-47(68)37(23-28(2)3)59-46(67)36(58-48(69)40-27-75-31(7)56-40)19-20-43(65)50(71)57-33-17-18-33)51(72)61-38(24-29(4)5)52(73)64-22-12-16-42(64)49(70)60-39(53(74)63-21-11-15-41(63)45(54)66)25-32-26-55-35-14-10-9-13-34(32)35/h9-10,13-14,26-30,33,36-39,41-42,44,55H,8,11-12,15-25H2,1-7H3,(H2,54,66)(H,57,71)(H,58,69)(H,59,67)(H,60,70)(H,61,72)(H,62,68)/t30?,36?,37?,38?,39?,41-,42-,44?/m0/s1. The largest absolute Gasteiger partial charge is 0.368 e. The Kier molecular flexibility index (Phi) is 20.1. The lowest BCUT2D eigenvalue weighted by atomic mass is 9.95. The molecule has 1 saturated carbocycles. The molecule has 6 unspecified atom stereocenters. The molecule has 21 nitrogen and oxygen atoms in total. The Balaban J connectivity index is 1.17. The Bertz CT molecular complexity index is 2590. The molecule has 3 aromatic rings. The van der Waals surface area contributed by atoms with E-state index in [2.05, 4.69) is 41.9 Å². The summed E-state index contributed by atoms with van der Waals surface area (Å²) in [6.45, 7) is 13.3. The number of benzene rings is 1. The second-order valence-electron chi connectivity index (χ2n) is 21.1. The molecule has 3 fully saturated rings. The number of carbonyl (C=O) groups is 10. The number of nitrogens with one attached hydrogen (secondary N) is 7. The zero-order valence-electron chi connectivity index (χ0n) is 44.1. The van der Waals surface area contributed by atoms with Crippen molar-refractivity contribution in [2.24, 2.45) is 23.5 Å². The van der Waals surface area contributed by atoms with Crippen LogP contribution in [-0.4, -0.2) is 140 Å². The predicted octanol–water partition coefficient (Wildman–Crippen LogP) is 2.45. The van der Waals surface area contributed by atoms with Gasteiger partial charge in [-0.25, -0.2) is 4.98 Å². The molecular formula is C53H75N11O10S. The number of ketones is 1. The molecule has 0 radical (unpaired) electrons. The Morgan fingerprint density at radius 2 is 1.36 bits per heavy atom. The molecule has 1 aromatic carbocycles. The maximum atomic E-state index is 14.7. The van der Waals surface area contributed by atoms with Crippen molar-refractivity contribution in [2.45, 2.75) is 174 Å². The predicted molar refractivity (Wildman–Crippen MR) is 280 cm³/mol. The molecule has 408 valence electrons. The van der Waals surface area contributed by atoms with Crippen LogP contribution in [0.4, 0.5) is 0 Å². The summed E-state index contributed by atoms with van der Waals surface area (Å²) in [7, 11) is 0. The van der Waals surface area contributed by atoms with Crippen molar-refractivity contribution in [3.05, 3.63) is 52.1 Å². The number of hydrogen-bond acceptors (Lipinski definition) is 12. The molecule has 0 bridgehead atoms. The van der Waals surface area contributed by atoms with E-state index in [1.54, 1.807) is 20.0 Å². The molecule has 0 spiro atoms. The van der Waals surface area contributed by atoms with Crippen LogP contribution >= 0.6 is 11.3 Å². The zero-order chi connectivity index (χ0) is 54.7. The van der Waals surface area contributed by atoms with Gasteiger partial charge < -0.3 is 52.4 Å². The lowest BCUT2D eigenvalue weighted by molar-refractivity contribution is -0.144. The average Bonchev–Trinajstić information content (AvgIpc) is 3.81. The van der Waals surface area contributed by atoms with Crippen molar-refractivity contribution in [2.75, 3.05) is 13.1 Å². The van der Waals surface area contributed by atoms with E-state index in [4.69, 9.17) is 5.73 Å². The summed E-state index contributed by atoms with van der Waals surface area (Å²) in [6, 6.07) is -0.297. The first-order valence-corrected chi connectivity index (χ1v) is 27.3. The fraction of sp³-hybridized carbons (Fsp3) is 0.604. The molecule has 9 amide bonds. The average molecular weight is 1060 g/mol. The second-order valence-corrected chi connectivity index (χ2v) is 22.2. The van der Waals surface area contributed by atoms with Crippen LogP contribution in [0.15, 0.2) is 35.8 Å². The second kappa shape index (κ2) is 26.2. The number of aromatic nitrogens is 2. The van der Waals surface area contributed by atoms with E-state index >= 15 is 0 Å². The molecule has 22 heteroatoms. The number of Topliss-reactive ketones (excluding diaryl/α,β-unsaturated/α-hetero) is 1. The fourth-order valence-corrected chi connectivity index (χ4v) is 10.3. The highest BCUT2D eigenvalue weighted by Crippen LogP contribution is 2.26. The van der Waals surface area contributed by atoms with Gasteiger partial charge in [0.05, 0.1) is 5.01 Å². The van der Waals surface area contributed by atoms with Crippen LogP contribution in [0.25, 0.3) is 10.9 Å². The molecule has 6 rings (SSSR count). The fourth-order valence-electron chi connectivity index (χ4n) is 9.75. The number of amides is 9. The van der Waals surface area contributed by atoms with Crippen molar-refractivity contribution in [3.8, 4) is 0 Å². The zero-order valence-corrected chi connectivity index (χ0v) is 44.9. The minimum atomic E-state index is -1.35. The summed E-state index contributed by atoms with van der Waals surface area (Å²) < 4.78 is 0. The molecular weight excluding hydrogens is 983 g/mol. The Morgan fingerprint density at radius 3 is 1.99 bits per heavy atom. The van der Waals surface area contributed by atoms with Crippen molar-refractivity contribution in [1.29, 1.82) is 0 Å². The maximum Gasteiger partial charge on any atom is 0.287 e. The van der Waals surface area contributed by atoms with Gasteiger partial charge in [-0.15, -0.1) is 11.3 Å². The molecule has 75 heavy (non-hydrogen) atoms. The smallest absolute Gasteiger partial charge is 0.287 e. The summed E-state index contributed by atoms with van der Waals surface area (Å²) in [5, 5.41) is 19.7. The van der Waals surface area contributed by atoms with E-state index in [-0.39, 0.29) is 68.6 Å². The van der Waals surface area contributed by atoms with E-state index in [9.17, 15) is 47.9 Å². The highest BCUT2D eigenvalue weighted by molar-refractivity contribution is 7.09. The Morgan fingerprint density at radius 1 is 0.747 bits per heavy atom. The monoisotopic (exact) mass is 1060 g/mol. The molecule has 2 aromatic heterocycles. The van der Waals surface area contributed by atoms with Gasteiger partial charge in [-0.2, -0.15) is 0 Å². The number of fused-ring (bicyclic) bond motifs is 1. The molecule has 1 aliphatic carbocycles. The number of carbonyl (C=O) groups excluding carboxylic acids is 10. The number of primary amides is 1. The van der Waals surface area contributed by atoms with Crippen molar-refractivity contribution in [1.82, 2.24) is 51.7 Å². The van der Waals surface area contributed by atoms with Crippen molar-refractivity contribution >= 4 is 81.2 Å². The normalized spacial score (nSPS) is 18.9.